The molecule has 2 fully saturated rings. The quantitative estimate of drug-likeness (QED) is 0.110. The number of methoxy groups -OCH3 is 2. The van der Waals surface area contributed by atoms with Gasteiger partial charge < -0.3 is 47.4 Å². The van der Waals surface area contributed by atoms with Crippen LogP contribution in [-0.2, 0) is 60.3 Å². The minimum Gasteiger partial charge on any atom is -0.456 e. The summed E-state index contributed by atoms with van der Waals surface area (Å²) >= 11 is 5.79. The first kappa shape index (κ1) is 41.8. The topological polar surface area (TPSA) is 120 Å². The smallest absolute Gasteiger partial charge is 0.321 e. The molecule has 9 atom stereocenters. The molecule has 2 aliphatic heterocycles. The number of hydrogen-bond donors (Lipinski definition) is 1. The molecule has 0 aliphatic carbocycles. The Hall–Kier alpha value is -1.94. The molecule has 4 rings (SSSR count). The van der Waals surface area contributed by atoms with Crippen molar-refractivity contribution < 1.29 is 52.2 Å². The van der Waals surface area contributed by atoms with Crippen molar-refractivity contribution in [3.8, 4) is 0 Å². The molecule has 2 saturated heterocycles. The van der Waals surface area contributed by atoms with Gasteiger partial charge in [-0.05, 0) is 27.8 Å². The fraction of sp³-hybridized carbons (Fsp3) is 0.658. The zero-order valence-electron chi connectivity index (χ0n) is 31.1. The number of alkyl halides is 1. The number of carbonyl (C=O) groups excluding carboxylic acids is 1. The number of benzene rings is 2. The Balaban J connectivity index is 1.71. The number of aliphatic hydroxyl groups is 1. The third-order valence-corrected chi connectivity index (χ3v) is 16.2. The van der Waals surface area contributed by atoms with Gasteiger partial charge in [0.15, 0.2) is 18.7 Å². The van der Waals surface area contributed by atoms with Crippen LogP contribution in [0.15, 0.2) is 60.7 Å². The fourth-order valence-corrected chi connectivity index (χ4v) is 13.2. The predicted molar refractivity (Wildman–Crippen MR) is 195 cm³/mol. The van der Waals surface area contributed by atoms with E-state index in [1.807, 2.05) is 60.7 Å². The molecule has 1 N–H and O–H groups in total. The van der Waals surface area contributed by atoms with Crippen molar-refractivity contribution in [2.75, 3.05) is 33.3 Å². The van der Waals surface area contributed by atoms with Crippen LogP contribution in [0, 0.1) is 0 Å². The summed E-state index contributed by atoms with van der Waals surface area (Å²) in [5, 5.41) is 10.9. The molecule has 286 valence electrons. The number of esters is 1. The third kappa shape index (κ3) is 10.4. The van der Waals surface area contributed by atoms with Crippen LogP contribution in [0.2, 0.25) is 16.6 Å². The SMILES string of the molecule is COC[C@H]1O[C@@H](O[C@@H]2OC[C@H](O)[C@@H](OC(=O)CCl)[C@H]2OCc2ccccc2)[C@@H](OC)[C@@H](OCc2ccccc2)[C@@H]1O[Si](C(C)C)(C(C)C)C(C)C. The summed E-state index contributed by atoms with van der Waals surface area (Å²) in [5.74, 6) is -1.10. The summed E-state index contributed by atoms with van der Waals surface area (Å²) in [4.78, 5) is 12.4. The molecule has 2 aliphatic rings. The molecule has 11 nitrogen and oxygen atoms in total. The molecule has 0 bridgehead atoms. The molecule has 2 aromatic carbocycles. The van der Waals surface area contributed by atoms with Crippen molar-refractivity contribution in [3.63, 3.8) is 0 Å². The van der Waals surface area contributed by atoms with Gasteiger partial charge in [0.05, 0.1) is 26.4 Å². The molecule has 0 unspecified atom stereocenters. The summed E-state index contributed by atoms with van der Waals surface area (Å²) in [6.45, 7) is 13.8. The first-order valence-electron chi connectivity index (χ1n) is 17.8. The summed E-state index contributed by atoms with van der Waals surface area (Å²) in [7, 11) is 0.718. The first-order chi connectivity index (χ1) is 24.5. The largest absolute Gasteiger partial charge is 0.456 e. The van der Waals surface area contributed by atoms with Crippen LogP contribution < -0.4 is 0 Å². The van der Waals surface area contributed by atoms with E-state index < -0.39 is 75.5 Å². The average molecular weight is 753 g/mol. The summed E-state index contributed by atoms with van der Waals surface area (Å²) in [6.07, 6.45) is -8.19. The Labute approximate surface area is 309 Å². The van der Waals surface area contributed by atoms with Crippen LogP contribution in [0.3, 0.4) is 0 Å². The molecule has 0 aromatic heterocycles. The van der Waals surface area contributed by atoms with Crippen LogP contribution in [-0.4, -0.2) is 108 Å². The molecule has 0 saturated carbocycles. The highest BCUT2D eigenvalue weighted by Crippen LogP contribution is 2.45. The summed E-state index contributed by atoms with van der Waals surface area (Å²) < 4.78 is 57.3. The maximum Gasteiger partial charge on any atom is 0.321 e. The van der Waals surface area contributed by atoms with Crippen LogP contribution >= 0.6 is 11.6 Å². The van der Waals surface area contributed by atoms with E-state index in [9.17, 15) is 9.90 Å². The number of aliphatic hydroxyl groups excluding tert-OH is 1. The fourth-order valence-electron chi connectivity index (χ4n) is 7.55. The second-order valence-corrected chi connectivity index (χ2v) is 19.8. The zero-order valence-corrected chi connectivity index (χ0v) is 32.9. The van der Waals surface area contributed by atoms with E-state index in [1.165, 1.54) is 0 Å². The average Bonchev–Trinajstić information content (AvgIpc) is 3.11. The number of halogens is 1. The van der Waals surface area contributed by atoms with Gasteiger partial charge in [0, 0.05) is 14.2 Å². The maximum atomic E-state index is 12.4. The summed E-state index contributed by atoms with van der Waals surface area (Å²) in [6, 6.07) is 19.4. The molecule has 2 aromatic rings. The van der Waals surface area contributed by atoms with Gasteiger partial charge in [0.1, 0.15) is 42.5 Å². The summed E-state index contributed by atoms with van der Waals surface area (Å²) in [5.41, 5.74) is 2.74. The molecule has 51 heavy (non-hydrogen) atoms. The lowest BCUT2D eigenvalue weighted by Gasteiger charge is -2.52. The zero-order chi connectivity index (χ0) is 37.1. The highest BCUT2D eigenvalue weighted by atomic mass is 35.5. The van der Waals surface area contributed by atoms with E-state index in [2.05, 4.69) is 41.5 Å². The van der Waals surface area contributed by atoms with Gasteiger partial charge >= 0.3 is 5.97 Å². The Kier molecular flexibility index (Phi) is 16.3. The Morgan fingerprint density at radius 3 is 1.84 bits per heavy atom. The van der Waals surface area contributed by atoms with E-state index >= 15 is 0 Å². The molecule has 0 radical (unpaired) electrons. The van der Waals surface area contributed by atoms with E-state index in [-0.39, 0.29) is 19.8 Å². The van der Waals surface area contributed by atoms with Crippen LogP contribution in [0.25, 0.3) is 0 Å². The predicted octanol–water partition coefficient (Wildman–Crippen LogP) is 5.99. The number of ether oxygens (including phenoxy) is 8. The second kappa shape index (κ2) is 19.9. The van der Waals surface area contributed by atoms with Gasteiger partial charge in [-0.25, -0.2) is 0 Å². The first-order valence-corrected chi connectivity index (χ1v) is 20.5. The maximum absolute atomic E-state index is 12.4. The Morgan fingerprint density at radius 1 is 0.804 bits per heavy atom. The third-order valence-electron chi connectivity index (χ3n) is 9.86. The van der Waals surface area contributed by atoms with E-state index in [4.69, 9.17) is 53.9 Å². The second-order valence-electron chi connectivity index (χ2n) is 14.1. The monoisotopic (exact) mass is 752 g/mol. The number of rotatable bonds is 18. The molecular weight excluding hydrogens is 696 g/mol. The molecule has 0 amide bonds. The van der Waals surface area contributed by atoms with Gasteiger partial charge in [0.25, 0.3) is 0 Å². The highest BCUT2D eigenvalue weighted by molar-refractivity contribution is 6.77. The van der Waals surface area contributed by atoms with Crippen molar-refractivity contribution >= 4 is 25.9 Å². The number of carbonyl (C=O) groups is 1. The van der Waals surface area contributed by atoms with Crippen molar-refractivity contribution in [1.29, 1.82) is 0 Å². The van der Waals surface area contributed by atoms with Gasteiger partial charge in [-0.2, -0.15) is 0 Å². The minimum absolute atomic E-state index is 0.132. The Bertz CT molecular complexity index is 1280. The van der Waals surface area contributed by atoms with Crippen molar-refractivity contribution in [3.05, 3.63) is 71.8 Å². The number of hydrogen-bond acceptors (Lipinski definition) is 11. The lowest BCUT2D eigenvalue weighted by molar-refractivity contribution is -0.373. The van der Waals surface area contributed by atoms with Crippen LogP contribution in [0.5, 0.6) is 0 Å². The van der Waals surface area contributed by atoms with Crippen LogP contribution in [0.1, 0.15) is 52.7 Å². The highest BCUT2D eigenvalue weighted by Gasteiger charge is 2.56. The molecule has 13 heteroatoms. The van der Waals surface area contributed by atoms with E-state index in [1.54, 1.807) is 14.2 Å². The van der Waals surface area contributed by atoms with Gasteiger partial charge in [-0.15, -0.1) is 11.6 Å². The van der Waals surface area contributed by atoms with Gasteiger partial charge in [-0.3, -0.25) is 4.79 Å². The van der Waals surface area contributed by atoms with E-state index in [0.29, 0.717) is 23.2 Å². The minimum atomic E-state index is -2.48. The lowest BCUT2D eigenvalue weighted by Crippen LogP contribution is -2.66. The van der Waals surface area contributed by atoms with Crippen LogP contribution in [0.4, 0.5) is 0 Å². The Morgan fingerprint density at radius 2 is 1.35 bits per heavy atom. The van der Waals surface area contributed by atoms with Gasteiger partial charge in [0.2, 0.25) is 8.32 Å². The molecule has 0 spiro atoms. The normalized spacial score (nSPS) is 28.8. The van der Waals surface area contributed by atoms with Gasteiger partial charge in [-0.1, -0.05) is 102 Å². The van der Waals surface area contributed by atoms with E-state index in [0.717, 1.165) is 11.1 Å². The van der Waals surface area contributed by atoms with Crippen molar-refractivity contribution in [2.24, 2.45) is 0 Å². The standard InChI is InChI=1S/C38H57ClO11Si/c1-24(2)51(25(3)4,26(5)6)50-33-30(23-42-7)47-38(35(43-8)34(33)44-20-27-15-11-9-12-16-27)49-37-36(45-21-28-17-13-10-14-18-28)32(29(40)22-46-37)48-31(41)19-39/h9-18,24-26,29-30,32-38,40H,19-23H2,1-8H3/t29-,30+,32+,33+,34-,35-,36+,37-,38-/m0/s1. The lowest BCUT2D eigenvalue weighted by atomic mass is 9.98. The van der Waals surface area contributed by atoms with Crippen molar-refractivity contribution in [1.82, 2.24) is 0 Å². The molecular formula is C38H57ClO11Si. The molecule has 2 heterocycles. The van der Waals surface area contributed by atoms with Crippen molar-refractivity contribution in [2.45, 2.75) is 127 Å².